The van der Waals surface area contributed by atoms with Gasteiger partial charge < -0.3 is 5.32 Å². The van der Waals surface area contributed by atoms with Crippen LogP contribution in [-0.4, -0.2) is 35.3 Å². The first kappa shape index (κ1) is 20.7. The van der Waals surface area contributed by atoms with E-state index < -0.39 is 40.5 Å². The molecule has 0 aliphatic rings. The summed E-state index contributed by atoms with van der Waals surface area (Å²) in [4.78, 5) is 16.3. The summed E-state index contributed by atoms with van der Waals surface area (Å²) in [6.45, 7) is -1.36. The molecule has 0 fully saturated rings. The highest BCUT2D eigenvalue weighted by Gasteiger charge is 2.54. The second-order valence-electron chi connectivity index (χ2n) is 4.39. The van der Waals surface area contributed by atoms with Crippen molar-refractivity contribution in [2.45, 2.75) is 16.7 Å². The first-order chi connectivity index (χ1) is 10.8. The average molecular weight is 399 g/mol. The van der Waals surface area contributed by atoms with Gasteiger partial charge in [-0.15, -0.1) is 0 Å². The first-order valence-electron chi connectivity index (χ1n) is 6.03. The van der Waals surface area contributed by atoms with Crippen LogP contribution in [0.4, 0.5) is 36.8 Å². The van der Waals surface area contributed by atoms with Crippen LogP contribution in [0.1, 0.15) is 5.56 Å². The zero-order chi connectivity index (χ0) is 18.8. The van der Waals surface area contributed by atoms with E-state index >= 15 is 0 Å². The standard InChI is InChI=1S/C12H10Cl2F6N2O2/c1-24-22(6-10(13,14)12(18,19)20)9(23)21-8-5-3-2-4-7(8)11(15,16)17/h2-5H,6H2,1H3,(H,21,23). The Morgan fingerprint density at radius 1 is 1.17 bits per heavy atom. The molecular formula is C12H10Cl2F6N2O2. The molecule has 2 amide bonds. The highest BCUT2D eigenvalue weighted by atomic mass is 35.5. The number of benzene rings is 1. The summed E-state index contributed by atoms with van der Waals surface area (Å²) in [5.41, 5.74) is -1.85. The summed E-state index contributed by atoms with van der Waals surface area (Å²) in [5.74, 6) is 0. The number of rotatable bonds is 4. The van der Waals surface area contributed by atoms with Crippen molar-refractivity contribution in [1.82, 2.24) is 5.06 Å². The topological polar surface area (TPSA) is 41.6 Å². The number of hydrogen-bond acceptors (Lipinski definition) is 2. The molecule has 1 aromatic carbocycles. The number of amides is 2. The van der Waals surface area contributed by atoms with Crippen LogP contribution < -0.4 is 5.32 Å². The maximum absolute atomic E-state index is 12.8. The van der Waals surface area contributed by atoms with Gasteiger partial charge >= 0.3 is 18.4 Å². The monoisotopic (exact) mass is 398 g/mol. The van der Waals surface area contributed by atoms with Gasteiger partial charge in [-0.05, 0) is 12.1 Å². The van der Waals surface area contributed by atoms with E-state index in [1.165, 1.54) is 6.07 Å². The molecule has 4 nitrogen and oxygen atoms in total. The van der Waals surface area contributed by atoms with E-state index in [2.05, 4.69) is 4.84 Å². The van der Waals surface area contributed by atoms with Crippen molar-refractivity contribution >= 4 is 34.9 Å². The fraction of sp³-hybridized carbons (Fsp3) is 0.417. The molecule has 0 heterocycles. The van der Waals surface area contributed by atoms with Crippen molar-refractivity contribution in [2.24, 2.45) is 0 Å². The lowest BCUT2D eigenvalue weighted by Crippen LogP contribution is -2.48. The van der Waals surface area contributed by atoms with Crippen molar-refractivity contribution in [3.05, 3.63) is 29.8 Å². The van der Waals surface area contributed by atoms with Crippen molar-refractivity contribution in [3.8, 4) is 0 Å². The third kappa shape index (κ3) is 5.05. The SMILES string of the molecule is CON(CC(Cl)(Cl)C(F)(F)F)C(=O)Nc1ccccc1C(F)(F)F. The number of anilines is 1. The van der Waals surface area contributed by atoms with Crippen LogP contribution in [0.3, 0.4) is 0 Å². The largest absolute Gasteiger partial charge is 0.423 e. The average Bonchev–Trinajstić information content (AvgIpc) is 2.42. The molecule has 0 bridgehead atoms. The predicted molar refractivity (Wildman–Crippen MR) is 74.7 cm³/mol. The van der Waals surface area contributed by atoms with E-state index in [0.29, 0.717) is 6.07 Å². The second kappa shape index (κ2) is 7.24. The molecule has 0 unspecified atom stereocenters. The zero-order valence-corrected chi connectivity index (χ0v) is 13.3. The number of para-hydroxylation sites is 1. The van der Waals surface area contributed by atoms with Crippen molar-refractivity contribution in [3.63, 3.8) is 0 Å². The highest BCUT2D eigenvalue weighted by molar-refractivity contribution is 6.49. The van der Waals surface area contributed by atoms with E-state index in [1.807, 2.05) is 0 Å². The van der Waals surface area contributed by atoms with Gasteiger partial charge in [-0.1, -0.05) is 35.3 Å². The summed E-state index contributed by atoms with van der Waals surface area (Å²) >= 11 is 10.2. The Morgan fingerprint density at radius 3 is 2.17 bits per heavy atom. The molecule has 1 rings (SSSR count). The number of hydroxylamine groups is 2. The Bertz CT molecular complexity index is 592. The smallest absolute Gasteiger partial charge is 0.305 e. The third-order valence-electron chi connectivity index (χ3n) is 2.68. The fourth-order valence-corrected chi connectivity index (χ4v) is 1.72. The number of carbonyl (C=O) groups excluding carboxylic acids is 1. The van der Waals surface area contributed by atoms with E-state index in [9.17, 15) is 31.1 Å². The van der Waals surface area contributed by atoms with Gasteiger partial charge in [0, 0.05) is 0 Å². The maximum atomic E-state index is 12.8. The molecule has 1 N–H and O–H groups in total. The molecule has 0 aliphatic carbocycles. The van der Waals surface area contributed by atoms with Crippen LogP contribution in [-0.2, 0) is 11.0 Å². The van der Waals surface area contributed by atoms with Gasteiger partial charge in [0.05, 0.1) is 24.9 Å². The van der Waals surface area contributed by atoms with E-state index in [0.717, 1.165) is 19.2 Å². The summed E-state index contributed by atoms with van der Waals surface area (Å²) in [6.07, 6.45) is -9.88. The van der Waals surface area contributed by atoms with Crippen LogP contribution in [0.15, 0.2) is 24.3 Å². The van der Waals surface area contributed by atoms with Gasteiger partial charge in [0.1, 0.15) is 0 Å². The van der Waals surface area contributed by atoms with Gasteiger partial charge in [0.25, 0.3) is 0 Å². The molecule has 0 saturated carbocycles. The van der Waals surface area contributed by atoms with E-state index in [4.69, 9.17) is 23.2 Å². The number of urea groups is 1. The van der Waals surface area contributed by atoms with Crippen LogP contribution in [0, 0.1) is 0 Å². The minimum Gasteiger partial charge on any atom is -0.305 e. The van der Waals surface area contributed by atoms with Gasteiger partial charge in [0.2, 0.25) is 4.33 Å². The van der Waals surface area contributed by atoms with Crippen molar-refractivity contribution in [2.75, 3.05) is 19.0 Å². The van der Waals surface area contributed by atoms with Gasteiger partial charge in [-0.3, -0.25) is 4.84 Å². The van der Waals surface area contributed by atoms with Crippen LogP contribution in [0.25, 0.3) is 0 Å². The van der Waals surface area contributed by atoms with Crippen LogP contribution >= 0.6 is 23.2 Å². The number of alkyl halides is 8. The van der Waals surface area contributed by atoms with Crippen molar-refractivity contribution in [1.29, 1.82) is 0 Å². The molecule has 0 aliphatic heterocycles. The molecule has 12 heteroatoms. The van der Waals surface area contributed by atoms with E-state index in [-0.39, 0.29) is 5.06 Å². The zero-order valence-electron chi connectivity index (χ0n) is 11.8. The van der Waals surface area contributed by atoms with Crippen LogP contribution in [0.2, 0.25) is 0 Å². The number of nitrogens with one attached hydrogen (secondary N) is 1. The summed E-state index contributed by atoms with van der Waals surface area (Å²) in [7, 11) is 0.829. The number of nitrogens with zero attached hydrogens (tertiary/aromatic N) is 1. The second-order valence-corrected chi connectivity index (χ2v) is 5.88. The molecule has 0 saturated heterocycles. The lowest BCUT2D eigenvalue weighted by Gasteiger charge is -2.29. The van der Waals surface area contributed by atoms with Gasteiger partial charge in [-0.2, -0.15) is 31.4 Å². The molecule has 1 aromatic rings. The Hall–Kier alpha value is -1.39. The lowest BCUT2D eigenvalue weighted by molar-refractivity contribution is -0.165. The number of carbonyl (C=O) groups is 1. The molecule has 24 heavy (non-hydrogen) atoms. The predicted octanol–water partition coefficient (Wildman–Crippen LogP) is 4.84. The summed E-state index contributed by atoms with van der Waals surface area (Å²) in [5, 5.41) is 1.86. The quantitative estimate of drug-likeness (QED) is 0.448. The summed E-state index contributed by atoms with van der Waals surface area (Å²) < 4.78 is 72.9. The minimum absolute atomic E-state index is 0.0562. The minimum atomic E-state index is -5.10. The molecule has 0 aromatic heterocycles. The van der Waals surface area contributed by atoms with Gasteiger partial charge in [0.15, 0.2) is 0 Å². The first-order valence-corrected chi connectivity index (χ1v) is 6.78. The van der Waals surface area contributed by atoms with E-state index in [1.54, 1.807) is 5.32 Å². The number of hydrogen-bond donors (Lipinski definition) is 1. The van der Waals surface area contributed by atoms with Crippen molar-refractivity contribution < 1.29 is 36.0 Å². The Labute approximate surface area is 142 Å². The third-order valence-corrected chi connectivity index (χ3v) is 3.35. The van der Waals surface area contributed by atoms with Gasteiger partial charge in [-0.25, -0.2) is 4.79 Å². The molecule has 136 valence electrons. The molecule has 0 spiro atoms. The Balaban J connectivity index is 2.98. The lowest BCUT2D eigenvalue weighted by atomic mass is 10.1. The summed E-state index contributed by atoms with van der Waals surface area (Å²) in [6, 6.07) is 2.48. The Kier molecular flexibility index (Phi) is 6.23. The Morgan fingerprint density at radius 2 is 1.71 bits per heavy atom. The molecule has 0 radical (unpaired) electrons. The fourth-order valence-electron chi connectivity index (χ4n) is 1.51. The normalized spacial score (nSPS) is 12.9. The van der Waals surface area contributed by atoms with Crippen LogP contribution in [0.5, 0.6) is 0 Å². The highest BCUT2D eigenvalue weighted by Crippen LogP contribution is 2.40. The maximum Gasteiger partial charge on any atom is 0.423 e. The molecule has 0 atom stereocenters. The number of halogens is 8. The molecular weight excluding hydrogens is 389 g/mol.